The lowest BCUT2D eigenvalue weighted by atomic mass is 9.77. The molecule has 0 saturated heterocycles. The number of pyridine rings is 2. The van der Waals surface area contributed by atoms with Crippen molar-refractivity contribution < 1.29 is 9.47 Å². The Kier molecular flexibility index (Phi) is 6.27. The number of methoxy groups -OCH3 is 2. The topological polar surface area (TPSA) is 44.2 Å². The van der Waals surface area contributed by atoms with Gasteiger partial charge in [0.05, 0.1) is 25.1 Å². The molecular weight excluding hydrogens is 613 g/mol. The van der Waals surface area contributed by atoms with E-state index in [0.29, 0.717) is 0 Å². The molecule has 0 spiro atoms. The van der Waals surface area contributed by atoms with Crippen molar-refractivity contribution in [3.63, 3.8) is 0 Å². The van der Waals surface area contributed by atoms with Crippen LogP contribution in [0.25, 0.3) is 98.5 Å². The van der Waals surface area contributed by atoms with E-state index in [1.807, 2.05) is 30.7 Å². The van der Waals surface area contributed by atoms with E-state index in [2.05, 4.69) is 120 Å². The zero-order valence-electron chi connectivity index (χ0n) is 27.6. The maximum atomic E-state index is 6.18. The van der Waals surface area contributed by atoms with Gasteiger partial charge in [-0.2, -0.15) is 0 Å². The maximum absolute atomic E-state index is 6.18. The molecule has 8 aromatic carbocycles. The monoisotopic (exact) mass is 642 g/mol. The van der Waals surface area contributed by atoms with E-state index >= 15 is 0 Å². The lowest BCUT2D eigenvalue weighted by Crippen LogP contribution is -2.00. The zero-order valence-corrected chi connectivity index (χ0v) is 27.6. The van der Waals surface area contributed by atoms with E-state index in [-0.39, 0.29) is 0 Å². The van der Waals surface area contributed by atoms with Gasteiger partial charge < -0.3 is 9.47 Å². The molecule has 0 aliphatic carbocycles. The lowest BCUT2D eigenvalue weighted by molar-refractivity contribution is 0.415. The van der Waals surface area contributed by atoms with Crippen LogP contribution in [-0.4, -0.2) is 24.2 Å². The highest BCUT2D eigenvalue weighted by molar-refractivity contribution is 6.45. The van der Waals surface area contributed by atoms with E-state index in [4.69, 9.17) is 14.5 Å². The molecule has 10 aromatic rings. The molecule has 2 heterocycles. The SMILES string of the molecule is COc1ccc(-c2c(-c3ccccc3)c3ccc4c(-c5ccccc5)c(-c5ccncc5)c5ccnc6c7c(OC)ccc2c7c3c4c56)cc1. The van der Waals surface area contributed by atoms with Crippen LogP contribution in [0.15, 0.2) is 146 Å². The Balaban J connectivity index is 1.52. The Morgan fingerprint density at radius 1 is 0.380 bits per heavy atom. The third-order valence-electron chi connectivity index (χ3n) is 10.3. The number of benzene rings is 8. The van der Waals surface area contributed by atoms with Crippen molar-refractivity contribution in [3.8, 4) is 56.0 Å². The predicted molar refractivity (Wildman–Crippen MR) is 207 cm³/mol. The van der Waals surface area contributed by atoms with Crippen molar-refractivity contribution in [2.45, 2.75) is 0 Å². The highest BCUT2D eigenvalue weighted by Gasteiger charge is 2.29. The summed E-state index contributed by atoms with van der Waals surface area (Å²) in [5, 5.41) is 10.5. The van der Waals surface area contributed by atoms with Crippen LogP contribution < -0.4 is 9.47 Å². The number of hydrogen-bond donors (Lipinski definition) is 0. The second-order valence-electron chi connectivity index (χ2n) is 12.8. The fraction of sp³-hybridized carbons (Fsp3) is 0.0435. The Morgan fingerprint density at radius 3 is 1.42 bits per heavy atom. The van der Waals surface area contributed by atoms with Gasteiger partial charge in [0, 0.05) is 34.7 Å². The first kappa shape index (κ1) is 28.5. The molecule has 236 valence electrons. The van der Waals surface area contributed by atoms with Crippen LogP contribution in [0.3, 0.4) is 0 Å². The van der Waals surface area contributed by atoms with Crippen LogP contribution >= 0.6 is 0 Å². The standard InChI is InChI=1S/C46H30N2O2/c1-49-31-15-13-29(14-16-31)39-34-19-20-36(50-2)45-43(34)41-32(37(39)27-9-5-3-6-10-27)17-18-33-38(28-11-7-4-8-12-28)40(30-21-24-47-25-22-30)35-23-26-48-46(45)44(35)42(33)41/h3-26H,1-2H3. The molecule has 0 fully saturated rings. The van der Waals surface area contributed by atoms with Crippen LogP contribution in [0.2, 0.25) is 0 Å². The number of hydrogen-bond acceptors (Lipinski definition) is 4. The summed E-state index contributed by atoms with van der Waals surface area (Å²) in [4.78, 5) is 9.55. The molecule has 0 saturated carbocycles. The average Bonchev–Trinajstić information content (AvgIpc) is 3.19. The van der Waals surface area contributed by atoms with Crippen LogP contribution in [0, 0.1) is 0 Å². The predicted octanol–water partition coefficient (Wildman–Crippen LogP) is 11.8. The molecule has 10 rings (SSSR count). The van der Waals surface area contributed by atoms with Gasteiger partial charge in [-0.1, -0.05) is 84.9 Å². The number of rotatable bonds is 6. The third kappa shape index (κ3) is 3.93. The van der Waals surface area contributed by atoms with Crippen LogP contribution in [0.1, 0.15) is 0 Å². The van der Waals surface area contributed by atoms with Gasteiger partial charge in [-0.25, -0.2) is 0 Å². The quantitative estimate of drug-likeness (QED) is 0.134. The van der Waals surface area contributed by atoms with Crippen molar-refractivity contribution in [1.29, 1.82) is 0 Å². The molecule has 0 aliphatic heterocycles. The molecule has 0 aliphatic rings. The van der Waals surface area contributed by atoms with Gasteiger partial charge in [-0.05, 0) is 114 Å². The van der Waals surface area contributed by atoms with Crippen molar-refractivity contribution >= 4 is 54.0 Å². The van der Waals surface area contributed by atoms with Gasteiger partial charge in [0.15, 0.2) is 0 Å². The van der Waals surface area contributed by atoms with E-state index in [0.717, 1.165) is 49.7 Å². The Hall–Kier alpha value is -6.52. The van der Waals surface area contributed by atoms with Crippen molar-refractivity contribution in [2.24, 2.45) is 0 Å². The van der Waals surface area contributed by atoms with Crippen LogP contribution in [0.4, 0.5) is 0 Å². The largest absolute Gasteiger partial charge is 0.497 e. The second-order valence-corrected chi connectivity index (χ2v) is 12.8. The molecule has 0 bridgehead atoms. The second kappa shape index (κ2) is 11.0. The molecule has 0 N–H and O–H groups in total. The molecule has 4 nitrogen and oxygen atoms in total. The normalized spacial score (nSPS) is 11.8. The first-order valence-electron chi connectivity index (χ1n) is 16.8. The molecule has 0 amide bonds. The third-order valence-corrected chi connectivity index (χ3v) is 10.3. The maximum Gasteiger partial charge on any atom is 0.128 e. The fourth-order valence-corrected chi connectivity index (χ4v) is 8.33. The zero-order chi connectivity index (χ0) is 33.3. The van der Waals surface area contributed by atoms with Gasteiger partial charge >= 0.3 is 0 Å². The lowest BCUT2D eigenvalue weighted by Gasteiger charge is -2.26. The number of aromatic nitrogens is 2. The summed E-state index contributed by atoms with van der Waals surface area (Å²) in [7, 11) is 3.47. The Labute approximate surface area is 288 Å². The summed E-state index contributed by atoms with van der Waals surface area (Å²) in [5.74, 6) is 1.64. The van der Waals surface area contributed by atoms with E-state index in [1.165, 1.54) is 60.3 Å². The summed E-state index contributed by atoms with van der Waals surface area (Å²) in [6.07, 6.45) is 5.71. The highest BCUT2D eigenvalue weighted by Crippen LogP contribution is 2.56. The Morgan fingerprint density at radius 2 is 0.860 bits per heavy atom. The van der Waals surface area contributed by atoms with Gasteiger partial charge in [0.1, 0.15) is 11.5 Å². The van der Waals surface area contributed by atoms with E-state index in [9.17, 15) is 0 Å². The molecule has 2 aromatic heterocycles. The molecule has 0 unspecified atom stereocenters. The summed E-state index contributed by atoms with van der Waals surface area (Å²) >= 11 is 0. The Bertz CT molecular complexity index is 2850. The summed E-state index contributed by atoms with van der Waals surface area (Å²) < 4.78 is 11.8. The van der Waals surface area contributed by atoms with Gasteiger partial charge in [0.25, 0.3) is 0 Å². The molecule has 50 heavy (non-hydrogen) atoms. The minimum atomic E-state index is 0.812. The molecular formula is C46H30N2O2. The average molecular weight is 643 g/mol. The first-order chi connectivity index (χ1) is 24.8. The summed E-state index contributed by atoms with van der Waals surface area (Å²) in [6.45, 7) is 0. The van der Waals surface area contributed by atoms with Crippen LogP contribution in [0.5, 0.6) is 11.5 Å². The number of nitrogens with zero attached hydrogens (tertiary/aromatic N) is 2. The van der Waals surface area contributed by atoms with E-state index < -0.39 is 0 Å². The molecule has 0 atom stereocenters. The smallest absolute Gasteiger partial charge is 0.128 e. The van der Waals surface area contributed by atoms with Crippen LogP contribution in [-0.2, 0) is 0 Å². The van der Waals surface area contributed by atoms with Crippen molar-refractivity contribution in [3.05, 3.63) is 146 Å². The minimum absolute atomic E-state index is 0.812. The van der Waals surface area contributed by atoms with Crippen molar-refractivity contribution in [2.75, 3.05) is 14.2 Å². The summed E-state index contributed by atoms with van der Waals surface area (Å²) in [5.41, 5.74) is 10.3. The molecule has 4 heteroatoms. The highest BCUT2D eigenvalue weighted by atomic mass is 16.5. The van der Waals surface area contributed by atoms with Crippen molar-refractivity contribution in [1.82, 2.24) is 9.97 Å². The number of fused-ring (bicyclic) bond motifs is 1. The fourth-order valence-electron chi connectivity index (χ4n) is 8.33. The molecule has 0 radical (unpaired) electrons. The van der Waals surface area contributed by atoms with Gasteiger partial charge in [0.2, 0.25) is 0 Å². The van der Waals surface area contributed by atoms with Gasteiger partial charge in [-0.15, -0.1) is 0 Å². The minimum Gasteiger partial charge on any atom is -0.497 e. The van der Waals surface area contributed by atoms with Gasteiger partial charge in [-0.3, -0.25) is 9.97 Å². The first-order valence-corrected chi connectivity index (χ1v) is 16.8. The van der Waals surface area contributed by atoms with E-state index in [1.54, 1.807) is 14.2 Å². The summed E-state index contributed by atoms with van der Waals surface area (Å²) in [6, 6.07) is 45.4. The number of ether oxygens (including phenoxy) is 2.